The van der Waals surface area contributed by atoms with Crippen molar-refractivity contribution in [2.24, 2.45) is 0 Å². The summed E-state index contributed by atoms with van der Waals surface area (Å²) in [7, 11) is 0. The molecule has 0 saturated heterocycles. The zero-order valence-electron chi connectivity index (χ0n) is 15.1. The van der Waals surface area contributed by atoms with E-state index in [4.69, 9.17) is 12.2 Å². The molecule has 9 heteroatoms. The van der Waals surface area contributed by atoms with Gasteiger partial charge < -0.3 is 5.32 Å². The molecule has 0 spiro atoms. The summed E-state index contributed by atoms with van der Waals surface area (Å²) in [5.74, 6) is -0.0351. The molecule has 2 N–H and O–H groups in total. The summed E-state index contributed by atoms with van der Waals surface area (Å²) in [5.41, 5.74) is 1.15. The van der Waals surface area contributed by atoms with Gasteiger partial charge in [0.15, 0.2) is 10.6 Å². The number of hydrogen-bond donors (Lipinski definition) is 2. The Bertz CT molecular complexity index is 1090. The first-order chi connectivity index (χ1) is 13.1. The van der Waals surface area contributed by atoms with Crippen LogP contribution in [0.4, 0.5) is 18.9 Å². The predicted molar refractivity (Wildman–Crippen MR) is 102 cm³/mol. The lowest BCUT2D eigenvalue weighted by Gasteiger charge is -2.13. The van der Waals surface area contributed by atoms with E-state index >= 15 is 0 Å². The lowest BCUT2D eigenvalue weighted by Crippen LogP contribution is -2.20. The summed E-state index contributed by atoms with van der Waals surface area (Å²) < 4.78 is 40.9. The highest BCUT2D eigenvalue weighted by Gasteiger charge is 2.32. The van der Waals surface area contributed by atoms with Crippen molar-refractivity contribution in [2.75, 3.05) is 5.32 Å². The standard InChI is InChI=1S/C19H17F3N4OS/c1-11-4-3-5-13(8-11)17-24-25-18(28)26(17)10-16(27)23-14-7-6-12(2)15(9-14)19(20,21)22/h3-9H,10H2,1-2H3,(H,23,27)(H,25,28). The summed E-state index contributed by atoms with van der Waals surface area (Å²) >= 11 is 5.19. The van der Waals surface area contributed by atoms with Gasteiger partial charge in [0.05, 0.1) is 5.56 Å². The maximum atomic E-state index is 13.1. The number of carbonyl (C=O) groups excluding carboxylic acids is 1. The highest BCUT2D eigenvalue weighted by molar-refractivity contribution is 7.71. The first kappa shape index (κ1) is 19.8. The van der Waals surface area contributed by atoms with Crippen LogP contribution in [-0.2, 0) is 17.5 Å². The van der Waals surface area contributed by atoms with Gasteiger partial charge >= 0.3 is 6.18 Å². The zero-order chi connectivity index (χ0) is 20.5. The molecule has 0 aliphatic carbocycles. The number of aromatic nitrogens is 3. The van der Waals surface area contributed by atoms with Gasteiger partial charge in [-0.25, -0.2) is 0 Å². The van der Waals surface area contributed by atoms with Crippen LogP contribution in [0.3, 0.4) is 0 Å². The van der Waals surface area contributed by atoms with Crippen molar-refractivity contribution in [2.45, 2.75) is 26.6 Å². The Hall–Kier alpha value is -2.94. The number of rotatable bonds is 4. The van der Waals surface area contributed by atoms with Crippen molar-refractivity contribution in [1.82, 2.24) is 14.8 Å². The average Bonchev–Trinajstić information content (AvgIpc) is 2.96. The Morgan fingerprint density at radius 3 is 2.64 bits per heavy atom. The first-order valence-corrected chi connectivity index (χ1v) is 8.76. The molecule has 0 atom stereocenters. The van der Waals surface area contributed by atoms with Crippen molar-refractivity contribution < 1.29 is 18.0 Å². The average molecular weight is 406 g/mol. The molecule has 0 radical (unpaired) electrons. The van der Waals surface area contributed by atoms with Crippen LogP contribution in [-0.4, -0.2) is 20.7 Å². The lowest BCUT2D eigenvalue weighted by molar-refractivity contribution is -0.138. The smallest absolute Gasteiger partial charge is 0.325 e. The highest BCUT2D eigenvalue weighted by atomic mass is 32.1. The molecule has 2 aromatic carbocycles. The van der Waals surface area contributed by atoms with Crippen molar-refractivity contribution in [1.29, 1.82) is 0 Å². The van der Waals surface area contributed by atoms with Gasteiger partial charge in [-0.2, -0.15) is 18.3 Å². The molecular weight excluding hydrogens is 389 g/mol. The van der Waals surface area contributed by atoms with Gasteiger partial charge in [-0.15, -0.1) is 0 Å². The number of aromatic amines is 1. The fraction of sp³-hybridized carbons (Fsp3) is 0.211. The number of H-pyrrole nitrogens is 1. The molecule has 1 amide bonds. The number of alkyl halides is 3. The lowest BCUT2D eigenvalue weighted by atomic mass is 10.1. The molecule has 3 aromatic rings. The Morgan fingerprint density at radius 1 is 1.21 bits per heavy atom. The second kappa shape index (κ2) is 7.59. The SMILES string of the molecule is Cc1cccc(-c2n[nH]c(=S)n2CC(=O)Nc2ccc(C)c(C(F)(F)F)c2)c1. The highest BCUT2D eigenvalue weighted by Crippen LogP contribution is 2.33. The van der Waals surface area contributed by atoms with Crippen LogP contribution in [0.1, 0.15) is 16.7 Å². The second-order valence-corrected chi connectivity index (χ2v) is 6.77. The number of halogens is 3. The summed E-state index contributed by atoms with van der Waals surface area (Å²) in [6, 6.07) is 11.2. The summed E-state index contributed by atoms with van der Waals surface area (Å²) in [5, 5.41) is 9.30. The van der Waals surface area contributed by atoms with Gasteiger partial charge in [0.1, 0.15) is 6.54 Å². The molecule has 3 rings (SSSR count). The van der Waals surface area contributed by atoms with Gasteiger partial charge in [-0.05, 0) is 49.8 Å². The molecule has 28 heavy (non-hydrogen) atoms. The third-order valence-electron chi connectivity index (χ3n) is 4.16. The van der Waals surface area contributed by atoms with E-state index in [1.165, 1.54) is 23.6 Å². The molecule has 0 aliphatic rings. The second-order valence-electron chi connectivity index (χ2n) is 6.38. The van der Waals surface area contributed by atoms with Crippen LogP contribution >= 0.6 is 12.2 Å². The van der Waals surface area contributed by atoms with E-state index in [2.05, 4.69) is 15.5 Å². The number of anilines is 1. The fourth-order valence-corrected chi connectivity index (χ4v) is 3.01. The van der Waals surface area contributed by atoms with Crippen LogP contribution in [0.15, 0.2) is 42.5 Å². The minimum atomic E-state index is -4.49. The van der Waals surface area contributed by atoms with Crippen LogP contribution < -0.4 is 5.32 Å². The van der Waals surface area contributed by atoms with Crippen LogP contribution in [0.2, 0.25) is 0 Å². The Labute approximate surface area is 164 Å². The quantitative estimate of drug-likeness (QED) is 0.607. The van der Waals surface area contributed by atoms with E-state index in [9.17, 15) is 18.0 Å². The number of nitrogens with one attached hydrogen (secondary N) is 2. The molecule has 146 valence electrons. The van der Waals surface area contributed by atoms with Gasteiger partial charge in [0.2, 0.25) is 5.91 Å². The first-order valence-electron chi connectivity index (χ1n) is 8.35. The van der Waals surface area contributed by atoms with Crippen LogP contribution in [0, 0.1) is 18.6 Å². The molecule has 0 bridgehead atoms. The number of nitrogens with zero attached hydrogens (tertiary/aromatic N) is 2. The maximum Gasteiger partial charge on any atom is 0.416 e. The van der Waals surface area contributed by atoms with E-state index in [1.54, 1.807) is 0 Å². The van der Waals surface area contributed by atoms with Gasteiger partial charge in [-0.1, -0.05) is 29.8 Å². The van der Waals surface area contributed by atoms with Crippen molar-refractivity contribution in [3.8, 4) is 11.4 Å². The fourth-order valence-electron chi connectivity index (χ4n) is 2.82. The molecule has 0 fully saturated rings. The summed E-state index contributed by atoms with van der Waals surface area (Å²) in [6.07, 6.45) is -4.49. The van der Waals surface area contributed by atoms with E-state index < -0.39 is 17.6 Å². The molecule has 0 unspecified atom stereocenters. The van der Waals surface area contributed by atoms with Crippen molar-refractivity contribution in [3.05, 3.63) is 63.9 Å². The van der Waals surface area contributed by atoms with Gasteiger partial charge in [0, 0.05) is 11.3 Å². The number of benzene rings is 2. The van der Waals surface area contributed by atoms with Crippen molar-refractivity contribution in [3.63, 3.8) is 0 Å². The normalized spacial score (nSPS) is 11.5. The Kier molecular flexibility index (Phi) is 5.37. The van der Waals surface area contributed by atoms with Crippen molar-refractivity contribution >= 4 is 23.8 Å². The largest absolute Gasteiger partial charge is 0.416 e. The Balaban J connectivity index is 1.84. The van der Waals surface area contributed by atoms with Gasteiger partial charge in [-0.3, -0.25) is 14.5 Å². The number of amides is 1. The number of aryl methyl sites for hydroxylation is 2. The minimum absolute atomic E-state index is 0.0649. The molecule has 1 aromatic heterocycles. The third kappa shape index (κ3) is 4.30. The maximum absolute atomic E-state index is 13.1. The summed E-state index contributed by atoms with van der Waals surface area (Å²) in [6.45, 7) is 3.11. The topological polar surface area (TPSA) is 62.7 Å². The molecule has 1 heterocycles. The monoisotopic (exact) mass is 406 g/mol. The molecular formula is C19H17F3N4OS. The predicted octanol–water partition coefficient (Wildman–Crippen LogP) is 4.88. The van der Waals surface area contributed by atoms with E-state index in [-0.39, 0.29) is 22.6 Å². The van der Waals surface area contributed by atoms with Gasteiger partial charge in [0.25, 0.3) is 0 Å². The summed E-state index contributed by atoms with van der Waals surface area (Å²) in [4.78, 5) is 12.4. The minimum Gasteiger partial charge on any atom is -0.325 e. The zero-order valence-corrected chi connectivity index (χ0v) is 15.9. The third-order valence-corrected chi connectivity index (χ3v) is 4.47. The van der Waals surface area contributed by atoms with E-state index in [0.717, 1.165) is 17.2 Å². The Morgan fingerprint density at radius 2 is 1.96 bits per heavy atom. The molecule has 0 aliphatic heterocycles. The molecule has 5 nitrogen and oxygen atoms in total. The van der Waals surface area contributed by atoms with Crippen LogP contribution in [0.5, 0.6) is 0 Å². The van der Waals surface area contributed by atoms with E-state index in [0.29, 0.717) is 5.82 Å². The molecule has 0 saturated carbocycles. The van der Waals surface area contributed by atoms with E-state index in [1.807, 2.05) is 31.2 Å². The number of hydrogen-bond acceptors (Lipinski definition) is 3. The number of carbonyl (C=O) groups is 1. The van der Waals surface area contributed by atoms with Crippen LogP contribution in [0.25, 0.3) is 11.4 Å².